The Kier molecular flexibility index (Phi) is 4.35. The molecule has 1 aliphatic rings. The third kappa shape index (κ3) is 2.96. The van der Waals surface area contributed by atoms with Crippen molar-refractivity contribution in [3.8, 4) is 0 Å². The Morgan fingerprint density at radius 2 is 2.43 bits per heavy atom. The maximum absolute atomic E-state index is 11.8. The van der Waals surface area contributed by atoms with Crippen LogP contribution in [0.15, 0.2) is 0 Å². The molecule has 0 aromatic heterocycles. The number of nitrogens with two attached hydrogens (primary N) is 1. The van der Waals surface area contributed by atoms with Crippen molar-refractivity contribution in [3.63, 3.8) is 0 Å². The van der Waals surface area contributed by atoms with Crippen LogP contribution < -0.4 is 5.73 Å². The van der Waals surface area contributed by atoms with Crippen LogP contribution in [0.2, 0.25) is 0 Å². The Morgan fingerprint density at radius 1 is 1.71 bits per heavy atom. The van der Waals surface area contributed by atoms with Crippen LogP contribution in [0.3, 0.4) is 0 Å². The average Bonchev–Trinajstić information content (AvgIpc) is 2.40. The number of carbonyl (C=O) groups is 1. The first-order valence-electron chi connectivity index (χ1n) is 5.27. The minimum absolute atomic E-state index is 0.0600. The summed E-state index contributed by atoms with van der Waals surface area (Å²) in [6.45, 7) is 6.84. The number of amides is 1. The standard InChI is InChI=1S/C10H20N2O2/c1-3-9(11)10(13)12-4-5-14-7-8(2)6-12/h8-9H,3-7,11H2,1-2H3/t8?,9-/m1/s1. The lowest BCUT2D eigenvalue weighted by molar-refractivity contribution is -0.133. The lowest BCUT2D eigenvalue weighted by Gasteiger charge is -2.24. The zero-order valence-corrected chi connectivity index (χ0v) is 9.03. The predicted molar refractivity (Wildman–Crippen MR) is 54.8 cm³/mol. The zero-order chi connectivity index (χ0) is 10.6. The van der Waals surface area contributed by atoms with Gasteiger partial charge in [0.25, 0.3) is 0 Å². The van der Waals surface area contributed by atoms with Crippen molar-refractivity contribution in [1.29, 1.82) is 0 Å². The van der Waals surface area contributed by atoms with Crippen LogP contribution >= 0.6 is 0 Å². The van der Waals surface area contributed by atoms with Crippen LogP contribution in [0.25, 0.3) is 0 Å². The van der Waals surface area contributed by atoms with Gasteiger partial charge in [0, 0.05) is 13.1 Å². The Hall–Kier alpha value is -0.610. The molecule has 2 N–H and O–H groups in total. The van der Waals surface area contributed by atoms with E-state index in [0.29, 0.717) is 25.5 Å². The molecule has 14 heavy (non-hydrogen) atoms. The minimum Gasteiger partial charge on any atom is -0.379 e. The number of rotatable bonds is 2. The molecule has 0 aliphatic carbocycles. The van der Waals surface area contributed by atoms with E-state index in [4.69, 9.17) is 10.5 Å². The van der Waals surface area contributed by atoms with E-state index in [-0.39, 0.29) is 11.9 Å². The van der Waals surface area contributed by atoms with Crippen LogP contribution in [-0.4, -0.2) is 43.2 Å². The molecule has 4 nitrogen and oxygen atoms in total. The van der Waals surface area contributed by atoms with Crippen LogP contribution in [-0.2, 0) is 9.53 Å². The quantitative estimate of drug-likeness (QED) is 0.693. The number of hydrogen-bond acceptors (Lipinski definition) is 3. The SMILES string of the molecule is CC[C@@H](N)C(=O)N1CCOCC(C)C1. The zero-order valence-electron chi connectivity index (χ0n) is 9.03. The summed E-state index contributed by atoms with van der Waals surface area (Å²) in [7, 11) is 0. The molecular formula is C10H20N2O2. The van der Waals surface area contributed by atoms with E-state index in [1.165, 1.54) is 0 Å². The predicted octanol–water partition coefficient (Wildman–Crippen LogP) is 0.219. The normalized spacial score (nSPS) is 25.6. The molecule has 0 aromatic rings. The molecule has 1 aliphatic heterocycles. The molecule has 1 fully saturated rings. The van der Waals surface area contributed by atoms with E-state index in [2.05, 4.69) is 6.92 Å². The molecule has 1 heterocycles. The number of nitrogens with zero attached hydrogens (tertiary/aromatic N) is 1. The number of ether oxygens (including phenoxy) is 1. The smallest absolute Gasteiger partial charge is 0.239 e. The molecule has 4 heteroatoms. The second-order valence-corrected chi connectivity index (χ2v) is 3.98. The molecule has 2 atom stereocenters. The van der Waals surface area contributed by atoms with Gasteiger partial charge >= 0.3 is 0 Å². The Balaban J connectivity index is 2.52. The van der Waals surface area contributed by atoms with Crippen molar-refractivity contribution in [2.75, 3.05) is 26.3 Å². The first-order chi connectivity index (χ1) is 6.65. The highest BCUT2D eigenvalue weighted by Crippen LogP contribution is 2.07. The Bertz CT molecular complexity index is 197. The molecule has 82 valence electrons. The fraction of sp³-hybridized carbons (Fsp3) is 0.900. The fourth-order valence-corrected chi connectivity index (χ4v) is 1.59. The van der Waals surface area contributed by atoms with Crippen molar-refractivity contribution in [3.05, 3.63) is 0 Å². The van der Waals surface area contributed by atoms with Crippen molar-refractivity contribution in [2.45, 2.75) is 26.3 Å². The van der Waals surface area contributed by atoms with Gasteiger partial charge in [-0.3, -0.25) is 4.79 Å². The summed E-state index contributed by atoms with van der Waals surface area (Å²) >= 11 is 0. The van der Waals surface area contributed by atoms with Gasteiger partial charge in [0.1, 0.15) is 0 Å². The Labute approximate surface area is 85.4 Å². The molecule has 0 aromatic carbocycles. The number of hydrogen-bond donors (Lipinski definition) is 1. The molecule has 0 saturated carbocycles. The van der Waals surface area contributed by atoms with Crippen molar-refractivity contribution < 1.29 is 9.53 Å². The molecule has 0 radical (unpaired) electrons. The van der Waals surface area contributed by atoms with Gasteiger partial charge in [-0.1, -0.05) is 13.8 Å². The highest BCUT2D eigenvalue weighted by Gasteiger charge is 2.23. The Morgan fingerprint density at radius 3 is 3.07 bits per heavy atom. The molecule has 1 saturated heterocycles. The molecule has 0 spiro atoms. The van der Waals surface area contributed by atoms with Crippen molar-refractivity contribution >= 4 is 5.91 Å². The van der Waals surface area contributed by atoms with E-state index in [1.807, 2.05) is 11.8 Å². The number of carbonyl (C=O) groups excluding carboxylic acids is 1. The van der Waals surface area contributed by atoms with Gasteiger partial charge in [0.2, 0.25) is 5.91 Å². The van der Waals surface area contributed by atoms with E-state index in [9.17, 15) is 4.79 Å². The van der Waals surface area contributed by atoms with Gasteiger partial charge < -0.3 is 15.4 Å². The van der Waals surface area contributed by atoms with Crippen molar-refractivity contribution in [2.24, 2.45) is 11.7 Å². The molecule has 1 amide bonds. The maximum atomic E-state index is 11.8. The summed E-state index contributed by atoms with van der Waals surface area (Å²) in [4.78, 5) is 13.6. The third-order valence-electron chi connectivity index (χ3n) is 2.51. The van der Waals surface area contributed by atoms with Crippen LogP contribution in [0.5, 0.6) is 0 Å². The van der Waals surface area contributed by atoms with Gasteiger partial charge in [0.15, 0.2) is 0 Å². The van der Waals surface area contributed by atoms with Gasteiger partial charge in [-0.05, 0) is 12.3 Å². The van der Waals surface area contributed by atoms with E-state index in [1.54, 1.807) is 0 Å². The van der Waals surface area contributed by atoms with Crippen LogP contribution in [0, 0.1) is 5.92 Å². The highest BCUT2D eigenvalue weighted by atomic mass is 16.5. The summed E-state index contributed by atoms with van der Waals surface area (Å²) in [5, 5.41) is 0. The van der Waals surface area contributed by atoms with Gasteiger partial charge in [-0.15, -0.1) is 0 Å². The van der Waals surface area contributed by atoms with E-state index < -0.39 is 0 Å². The first-order valence-corrected chi connectivity index (χ1v) is 5.27. The molecule has 1 unspecified atom stereocenters. The lowest BCUT2D eigenvalue weighted by atomic mass is 10.1. The maximum Gasteiger partial charge on any atom is 0.239 e. The largest absolute Gasteiger partial charge is 0.379 e. The average molecular weight is 200 g/mol. The molecular weight excluding hydrogens is 180 g/mol. The van der Waals surface area contributed by atoms with Gasteiger partial charge in [-0.25, -0.2) is 0 Å². The summed E-state index contributed by atoms with van der Waals surface area (Å²) in [5.74, 6) is 0.468. The van der Waals surface area contributed by atoms with E-state index in [0.717, 1.165) is 13.2 Å². The van der Waals surface area contributed by atoms with Gasteiger partial charge in [0.05, 0.1) is 19.3 Å². The van der Waals surface area contributed by atoms with Gasteiger partial charge in [-0.2, -0.15) is 0 Å². The molecule has 0 bridgehead atoms. The van der Waals surface area contributed by atoms with E-state index >= 15 is 0 Å². The summed E-state index contributed by atoms with van der Waals surface area (Å²) < 4.78 is 5.37. The van der Waals surface area contributed by atoms with Crippen molar-refractivity contribution in [1.82, 2.24) is 4.90 Å². The van der Waals surface area contributed by atoms with Crippen LogP contribution in [0.4, 0.5) is 0 Å². The monoisotopic (exact) mass is 200 g/mol. The summed E-state index contributed by atoms with van der Waals surface area (Å²) in [6, 6.07) is -0.347. The first kappa shape index (κ1) is 11.5. The topological polar surface area (TPSA) is 55.6 Å². The second-order valence-electron chi connectivity index (χ2n) is 3.98. The molecule has 1 rings (SSSR count). The summed E-state index contributed by atoms with van der Waals surface area (Å²) in [6.07, 6.45) is 0.699. The minimum atomic E-state index is -0.347. The van der Waals surface area contributed by atoms with Crippen LogP contribution in [0.1, 0.15) is 20.3 Å². The third-order valence-corrected chi connectivity index (χ3v) is 2.51. The fourth-order valence-electron chi connectivity index (χ4n) is 1.59. The lowest BCUT2D eigenvalue weighted by Crippen LogP contribution is -2.45. The summed E-state index contributed by atoms with van der Waals surface area (Å²) in [5.41, 5.74) is 5.71. The highest BCUT2D eigenvalue weighted by molar-refractivity contribution is 5.81. The second kappa shape index (κ2) is 5.32.